The summed E-state index contributed by atoms with van der Waals surface area (Å²) in [5, 5.41) is 34.4. The molecule has 2 unspecified atom stereocenters. The van der Waals surface area contributed by atoms with E-state index in [-0.39, 0.29) is 12.2 Å². The van der Waals surface area contributed by atoms with Gasteiger partial charge in [0, 0.05) is 0 Å². The van der Waals surface area contributed by atoms with Crippen molar-refractivity contribution in [3.8, 4) is 0 Å². The smallest absolute Gasteiger partial charge is 0.335 e. The fourth-order valence-electron chi connectivity index (χ4n) is 2.51. The Hall–Kier alpha value is -2.70. The van der Waals surface area contributed by atoms with Crippen molar-refractivity contribution in [1.29, 1.82) is 0 Å². The van der Waals surface area contributed by atoms with Crippen molar-refractivity contribution in [3.63, 3.8) is 0 Å². The molecule has 0 aromatic heterocycles. The van der Waals surface area contributed by atoms with Gasteiger partial charge in [0.2, 0.25) is 0 Å². The molecule has 0 aliphatic rings. The van der Waals surface area contributed by atoms with Crippen molar-refractivity contribution < 1.29 is 30.0 Å². The number of aliphatic hydroxyl groups is 2. The van der Waals surface area contributed by atoms with Crippen LogP contribution in [0.15, 0.2) is 48.5 Å². The van der Waals surface area contributed by atoms with Gasteiger partial charge in [-0.3, -0.25) is 0 Å². The molecule has 0 saturated carbocycles. The Bertz CT molecular complexity index is 707. The van der Waals surface area contributed by atoms with Crippen LogP contribution in [-0.4, -0.2) is 44.6 Å². The van der Waals surface area contributed by atoms with E-state index in [1.807, 2.05) is 24.3 Å². The van der Waals surface area contributed by atoms with Crippen LogP contribution in [0.1, 0.15) is 91.6 Å². The number of carboxylic acids is 2. The van der Waals surface area contributed by atoms with E-state index < -0.39 is 11.9 Å². The first-order valence-corrected chi connectivity index (χ1v) is 10.4. The fraction of sp³-hybridized carbons (Fsp3) is 0.440. The summed E-state index contributed by atoms with van der Waals surface area (Å²) in [6.07, 6.45) is -0.278. The molecule has 0 heterocycles. The zero-order valence-electron chi connectivity index (χ0n) is 19.2. The summed E-state index contributed by atoms with van der Waals surface area (Å²) >= 11 is 0. The van der Waals surface area contributed by atoms with E-state index in [0.717, 1.165) is 0 Å². The SMILES string of the molecule is CC(C)c1ccc(C(=O)O)cc1.CC(C)c1ccc(C(=O)O)cc1.CC(O)CC(C)O. The van der Waals surface area contributed by atoms with Crippen LogP contribution in [0.25, 0.3) is 0 Å². The van der Waals surface area contributed by atoms with E-state index >= 15 is 0 Å². The zero-order chi connectivity index (χ0) is 24.1. The minimum absolute atomic E-state index is 0.347. The number of benzene rings is 2. The Kier molecular flexibility index (Phi) is 13.1. The van der Waals surface area contributed by atoms with Crippen molar-refractivity contribution in [2.75, 3.05) is 0 Å². The maximum absolute atomic E-state index is 10.5. The second-order valence-electron chi connectivity index (χ2n) is 8.10. The molecule has 0 saturated heterocycles. The van der Waals surface area contributed by atoms with Gasteiger partial charge in [-0.05, 0) is 67.5 Å². The third-order valence-electron chi connectivity index (χ3n) is 4.33. The van der Waals surface area contributed by atoms with Gasteiger partial charge in [0.25, 0.3) is 0 Å². The lowest BCUT2D eigenvalue weighted by atomic mass is 10.0. The molecule has 2 aromatic carbocycles. The Morgan fingerprint density at radius 1 is 0.613 bits per heavy atom. The average molecular weight is 433 g/mol. The first-order chi connectivity index (χ1) is 14.3. The Balaban J connectivity index is 0.000000454. The van der Waals surface area contributed by atoms with Crippen LogP contribution in [0.3, 0.4) is 0 Å². The lowest BCUT2D eigenvalue weighted by molar-refractivity contribution is 0.0686. The van der Waals surface area contributed by atoms with Gasteiger partial charge in [0.05, 0.1) is 23.3 Å². The van der Waals surface area contributed by atoms with Gasteiger partial charge in [-0.2, -0.15) is 0 Å². The van der Waals surface area contributed by atoms with Crippen LogP contribution >= 0.6 is 0 Å². The predicted octanol–water partition coefficient (Wildman–Crippen LogP) is 5.15. The van der Waals surface area contributed by atoms with E-state index in [1.165, 1.54) is 11.1 Å². The van der Waals surface area contributed by atoms with Crippen molar-refractivity contribution >= 4 is 11.9 Å². The van der Waals surface area contributed by atoms with E-state index in [2.05, 4.69) is 27.7 Å². The van der Waals surface area contributed by atoms with E-state index in [0.29, 0.717) is 29.4 Å². The topological polar surface area (TPSA) is 115 Å². The first-order valence-electron chi connectivity index (χ1n) is 10.4. The van der Waals surface area contributed by atoms with Gasteiger partial charge < -0.3 is 20.4 Å². The highest BCUT2D eigenvalue weighted by atomic mass is 16.4. The maximum Gasteiger partial charge on any atom is 0.335 e. The van der Waals surface area contributed by atoms with Gasteiger partial charge >= 0.3 is 11.9 Å². The molecule has 0 aliphatic heterocycles. The molecule has 0 aliphatic carbocycles. The molecular weight excluding hydrogens is 396 g/mol. The third kappa shape index (κ3) is 12.6. The van der Waals surface area contributed by atoms with Gasteiger partial charge in [0.15, 0.2) is 0 Å². The fourth-order valence-corrected chi connectivity index (χ4v) is 2.51. The molecule has 0 bridgehead atoms. The Morgan fingerprint density at radius 2 is 0.871 bits per heavy atom. The molecule has 6 nitrogen and oxygen atoms in total. The van der Waals surface area contributed by atoms with Gasteiger partial charge in [-0.1, -0.05) is 52.0 Å². The van der Waals surface area contributed by atoms with E-state index in [9.17, 15) is 9.59 Å². The summed E-state index contributed by atoms with van der Waals surface area (Å²) in [5.41, 5.74) is 3.03. The number of aliphatic hydroxyl groups excluding tert-OH is 2. The van der Waals surface area contributed by atoms with Crippen LogP contribution in [0, 0.1) is 0 Å². The van der Waals surface area contributed by atoms with Crippen molar-refractivity contribution in [2.24, 2.45) is 0 Å². The summed E-state index contributed by atoms with van der Waals surface area (Å²) in [4.78, 5) is 21.0. The lowest BCUT2D eigenvalue weighted by Crippen LogP contribution is -2.10. The summed E-state index contributed by atoms with van der Waals surface area (Å²) < 4.78 is 0. The summed E-state index contributed by atoms with van der Waals surface area (Å²) in [5.74, 6) is -0.837. The van der Waals surface area contributed by atoms with E-state index in [4.69, 9.17) is 20.4 Å². The predicted molar refractivity (Wildman–Crippen MR) is 123 cm³/mol. The van der Waals surface area contributed by atoms with Crippen LogP contribution in [0.4, 0.5) is 0 Å². The lowest BCUT2D eigenvalue weighted by Gasteiger charge is -2.04. The molecule has 0 spiro atoms. The number of aromatic carboxylic acids is 2. The minimum atomic E-state index is -0.870. The minimum Gasteiger partial charge on any atom is -0.478 e. The Morgan fingerprint density at radius 3 is 1.00 bits per heavy atom. The highest BCUT2D eigenvalue weighted by Gasteiger charge is 2.04. The number of carboxylic acid groups (broad SMARTS) is 2. The molecule has 2 atom stereocenters. The number of rotatable bonds is 6. The highest BCUT2D eigenvalue weighted by Crippen LogP contribution is 2.15. The number of hydrogen-bond donors (Lipinski definition) is 4. The molecule has 0 radical (unpaired) electrons. The largest absolute Gasteiger partial charge is 0.478 e. The second-order valence-corrected chi connectivity index (χ2v) is 8.10. The maximum atomic E-state index is 10.5. The molecule has 172 valence electrons. The second kappa shape index (κ2) is 14.3. The molecule has 2 aromatic rings. The summed E-state index contributed by atoms with van der Waals surface area (Å²) in [6.45, 7) is 11.6. The van der Waals surface area contributed by atoms with Crippen molar-refractivity contribution in [3.05, 3.63) is 70.8 Å². The highest BCUT2D eigenvalue weighted by molar-refractivity contribution is 5.88. The quantitative estimate of drug-likeness (QED) is 0.501. The monoisotopic (exact) mass is 432 g/mol. The van der Waals surface area contributed by atoms with E-state index in [1.54, 1.807) is 38.1 Å². The molecule has 2 rings (SSSR count). The number of hydrogen-bond acceptors (Lipinski definition) is 4. The average Bonchev–Trinajstić information content (AvgIpc) is 2.68. The Labute approximate surface area is 185 Å². The van der Waals surface area contributed by atoms with Gasteiger partial charge in [0.1, 0.15) is 0 Å². The first kappa shape index (κ1) is 28.3. The van der Waals surface area contributed by atoms with Crippen LogP contribution in [0.5, 0.6) is 0 Å². The third-order valence-corrected chi connectivity index (χ3v) is 4.33. The van der Waals surface area contributed by atoms with Crippen LogP contribution in [-0.2, 0) is 0 Å². The molecular formula is C25H36O6. The van der Waals surface area contributed by atoms with Gasteiger partial charge in [-0.15, -0.1) is 0 Å². The summed E-state index contributed by atoms with van der Waals surface area (Å²) in [7, 11) is 0. The molecule has 0 amide bonds. The number of carbonyl (C=O) groups is 2. The molecule has 31 heavy (non-hydrogen) atoms. The molecule has 0 fully saturated rings. The normalized spacial score (nSPS) is 12.2. The van der Waals surface area contributed by atoms with Crippen LogP contribution in [0.2, 0.25) is 0 Å². The molecule has 6 heteroatoms. The van der Waals surface area contributed by atoms with Crippen molar-refractivity contribution in [1.82, 2.24) is 0 Å². The molecule has 4 N–H and O–H groups in total. The van der Waals surface area contributed by atoms with Crippen molar-refractivity contribution in [2.45, 2.75) is 72.0 Å². The van der Waals surface area contributed by atoms with Gasteiger partial charge in [-0.25, -0.2) is 9.59 Å². The van der Waals surface area contributed by atoms with Crippen LogP contribution < -0.4 is 0 Å². The standard InChI is InChI=1S/2C10H12O2.C5H12O2/c2*1-7(2)8-3-5-9(6-4-8)10(11)12;1-4(6)3-5(2)7/h2*3-7H,1-2H3,(H,11,12);4-7H,3H2,1-2H3. The zero-order valence-corrected chi connectivity index (χ0v) is 19.2. The summed E-state index contributed by atoms with van der Waals surface area (Å²) in [6, 6.07) is 14.0.